The minimum atomic E-state index is -0.298. The van der Waals surface area contributed by atoms with Gasteiger partial charge in [0, 0.05) is 13.1 Å². The van der Waals surface area contributed by atoms with Crippen molar-refractivity contribution < 1.29 is 4.79 Å². The summed E-state index contributed by atoms with van der Waals surface area (Å²) in [6, 6.07) is -0.262. The van der Waals surface area contributed by atoms with Crippen molar-refractivity contribution in [2.24, 2.45) is 11.1 Å². The minimum Gasteiger partial charge on any atom is -0.368 e. The molecule has 84 valence electrons. The number of carbonyl (C=O) groups excluding carboxylic acids is 1. The van der Waals surface area contributed by atoms with Crippen molar-refractivity contribution in [1.29, 1.82) is 0 Å². The van der Waals surface area contributed by atoms with Crippen molar-refractivity contribution in [2.75, 3.05) is 27.2 Å². The van der Waals surface area contributed by atoms with Gasteiger partial charge in [0.05, 0.1) is 6.04 Å². The Bertz CT molecular complexity index is 186. The molecular weight excluding hydrogens is 178 g/mol. The summed E-state index contributed by atoms with van der Waals surface area (Å²) in [4.78, 5) is 13.1. The maximum absolute atomic E-state index is 11.0. The third kappa shape index (κ3) is 5.94. The Hall–Kier alpha value is -0.610. The number of nitrogens with two attached hydrogens (primary N) is 1. The van der Waals surface area contributed by atoms with Crippen LogP contribution in [0.4, 0.5) is 0 Å². The van der Waals surface area contributed by atoms with Crippen LogP contribution in [0.2, 0.25) is 0 Å². The van der Waals surface area contributed by atoms with E-state index in [9.17, 15) is 4.79 Å². The Labute approximate surface area is 86.8 Å². The molecule has 0 aliphatic rings. The lowest BCUT2D eigenvalue weighted by molar-refractivity contribution is -0.120. The zero-order valence-electron chi connectivity index (χ0n) is 9.92. The van der Waals surface area contributed by atoms with Crippen LogP contribution in [0.3, 0.4) is 0 Å². The summed E-state index contributed by atoms with van der Waals surface area (Å²) < 4.78 is 0. The van der Waals surface area contributed by atoms with Gasteiger partial charge in [-0.15, -0.1) is 0 Å². The molecule has 0 aromatic rings. The van der Waals surface area contributed by atoms with Crippen LogP contribution in [0.5, 0.6) is 0 Å². The Balaban J connectivity index is 4.03. The van der Waals surface area contributed by atoms with Crippen molar-refractivity contribution in [1.82, 2.24) is 10.2 Å². The molecule has 0 saturated heterocycles. The van der Waals surface area contributed by atoms with Gasteiger partial charge in [-0.05, 0) is 19.5 Å². The zero-order chi connectivity index (χ0) is 11.4. The fraction of sp³-hybridized carbons (Fsp3) is 0.900. The molecule has 0 aliphatic heterocycles. The van der Waals surface area contributed by atoms with Crippen LogP contribution in [0.25, 0.3) is 0 Å². The zero-order valence-corrected chi connectivity index (χ0v) is 9.92. The average molecular weight is 201 g/mol. The van der Waals surface area contributed by atoms with Crippen molar-refractivity contribution in [3.05, 3.63) is 0 Å². The highest BCUT2D eigenvalue weighted by molar-refractivity contribution is 5.80. The molecular formula is C10H23N3O. The lowest BCUT2D eigenvalue weighted by Crippen LogP contribution is -2.48. The second kappa shape index (κ2) is 5.32. The molecule has 1 atom stereocenters. The van der Waals surface area contributed by atoms with Gasteiger partial charge in [0.25, 0.3) is 0 Å². The van der Waals surface area contributed by atoms with Gasteiger partial charge in [-0.25, -0.2) is 0 Å². The first kappa shape index (κ1) is 13.4. The standard InChI is InChI=1S/C10H23N3O/c1-10(2,3)7-13(5)6-8(12-4)9(11)14/h8,12H,6-7H2,1-5H3,(H2,11,14). The molecule has 0 spiro atoms. The van der Waals surface area contributed by atoms with Gasteiger partial charge in [0.15, 0.2) is 0 Å². The Morgan fingerprint density at radius 2 is 2.00 bits per heavy atom. The summed E-state index contributed by atoms with van der Waals surface area (Å²) in [5.41, 5.74) is 5.47. The average Bonchev–Trinajstić information content (AvgIpc) is 1.96. The molecule has 4 heteroatoms. The molecule has 0 heterocycles. The molecule has 0 aliphatic carbocycles. The molecule has 0 bridgehead atoms. The van der Waals surface area contributed by atoms with Gasteiger partial charge in [-0.1, -0.05) is 20.8 Å². The molecule has 4 nitrogen and oxygen atoms in total. The SMILES string of the molecule is CNC(CN(C)CC(C)(C)C)C(N)=O. The summed E-state index contributed by atoms with van der Waals surface area (Å²) in [5, 5.41) is 2.90. The third-order valence-corrected chi connectivity index (χ3v) is 1.93. The second-order valence-corrected chi connectivity index (χ2v) is 5.00. The van der Waals surface area contributed by atoms with Gasteiger partial charge in [-0.3, -0.25) is 4.79 Å². The maximum atomic E-state index is 11.0. The largest absolute Gasteiger partial charge is 0.368 e. The number of likely N-dealkylation sites (N-methyl/N-ethyl adjacent to an activating group) is 2. The van der Waals surface area contributed by atoms with Gasteiger partial charge in [0.1, 0.15) is 0 Å². The number of hydrogen-bond acceptors (Lipinski definition) is 3. The molecule has 3 N–H and O–H groups in total. The molecule has 0 aromatic carbocycles. The number of nitrogens with zero attached hydrogens (tertiary/aromatic N) is 1. The van der Waals surface area contributed by atoms with E-state index in [1.807, 2.05) is 7.05 Å². The molecule has 0 fully saturated rings. The van der Waals surface area contributed by atoms with Crippen LogP contribution in [-0.2, 0) is 4.79 Å². The monoisotopic (exact) mass is 201 g/mol. The summed E-state index contributed by atoms with van der Waals surface area (Å²) in [5.74, 6) is -0.298. The predicted molar refractivity (Wildman–Crippen MR) is 59.0 cm³/mol. The predicted octanol–water partition coefficient (Wildman–Crippen LogP) is 0.0376. The summed E-state index contributed by atoms with van der Waals surface area (Å²) in [6.07, 6.45) is 0. The van der Waals surface area contributed by atoms with Crippen LogP contribution in [-0.4, -0.2) is 44.0 Å². The number of nitrogens with one attached hydrogen (secondary N) is 1. The molecule has 0 radical (unpaired) electrons. The van der Waals surface area contributed by atoms with Gasteiger partial charge in [-0.2, -0.15) is 0 Å². The van der Waals surface area contributed by atoms with E-state index in [2.05, 4.69) is 31.0 Å². The van der Waals surface area contributed by atoms with Crippen LogP contribution in [0.1, 0.15) is 20.8 Å². The number of rotatable bonds is 5. The van der Waals surface area contributed by atoms with Crippen molar-refractivity contribution in [2.45, 2.75) is 26.8 Å². The fourth-order valence-corrected chi connectivity index (χ4v) is 1.51. The fourth-order valence-electron chi connectivity index (χ4n) is 1.51. The van der Waals surface area contributed by atoms with Crippen molar-refractivity contribution in [3.63, 3.8) is 0 Å². The normalized spacial score (nSPS) is 14.4. The van der Waals surface area contributed by atoms with Gasteiger partial charge >= 0.3 is 0 Å². The lowest BCUT2D eigenvalue weighted by Gasteiger charge is -2.28. The van der Waals surface area contributed by atoms with Gasteiger partial charge < -0.3 is 16.0 Å². The van der Waals surface area contributed by atoms with Crippen LogP contribution in [0, 0.1) is 5.41 Å². The molecule has 1 unspecified atom stereocenters. The smallest absolute Gasteiger partial charge is 0.235 e. The maximum Gasteiger partial charge on any atom is 0.235 e. The van der Waals surface area contributed by atoms with Crippen LogP contribution >= 0.6 is 0 Å². The van der Waals surface area contributed by atoms with E-state index in [0.29, 0.717) is 6.54 Å². The van der Waals surface area contributed by atoms with E-state index in [0.717, 1.165) is 6.54 Å². The number of primary amides is 1. The van der Waals surface area contributed by atoms with E-state index < -0.39 is 0 Å². The number of hydrogen-bond donors (Lipinski definition) is 2. The number of amides is 1. The quantitative estimate of drug-likeness (QED) is 0.660. The molecule has 0 aromatic heterocycles. The van der Waals surface area contributed by atoms with Crippen LogP contribution in [0.15, 0.2) is 0 Å². The Morgan fingerprint density at radius 1 is 1.50 bits per heavy atom. The topological polar surface area (TPSA) is 58.4 Å². The first-order valence-electron chi connectivity index (χ1n) is 4.91. The molecule has 0 rings (SSSR count). The second-order valence-electron chi connectivity index (χ2n) is 5.00. The van der Waals surface area contributed by atoms with E-state index in [1.54, 1.807) is 7.05 Å². The summed E-state index contributed by atoms with van der Waals surface area (Å²) >= 11 is 0. The van der Waals surface area contributed by atoms with Crippen LogP contribution < -0.4 is 11.1 Å². The van der Waals surface area contributed by atoms with Gasteiger partial charge in [0.2, 0.25) is 5.91 Å². The number of carbonyl (C=O) groups is 1. The highest BCUT2D eigenvalue weighted by Crippen LogP contribution is 2.13. The van der Waals surface area contributed by atoms with E-state index in [1.165, 1.54) is 0 Å². The minimum absolute atomic E-state index is 0.241. The third-order valence-electron chi connectivity index (χ3n) is 1.93. The van der Waals surface area contributed by atoms with E-state index >= 15 is 0 Å². The Morgan fingerprint density at radius 3 is 2.29 bits per heavy atom. The van der Waals surface area contributed by atoms with Crippen molar-refractivity contribution in [3.8, 4) is 0 Å². The Kier molecular flexibility index (Phi) is 5.08. The first-order valence-corrected chi connectivity index (χ1v) is 4.91. The molecule has 14 heavy (non-hydrogen) atoms. The molecule has 1 amide bonds. The van der Waals surface area contributed by atoms with E-state index in [4.69, 9.17) is 5.73 Å². The first-order chi connectivity index (χ1) is 6.26. The lowest BCUT2D eigenvalue weighted by atomic mass is 9.96. The highest BCUT2D eigenvalue weighted by atomic mass is 16.1. The molecule has 0 saturated carbocycles. The van der Waals surface area contributed by atoms with Crippen molar-refractivity contribution >= 4 is 5.91 Å². The highest BCUT2D eigenvalue weighted by Gasteiger charge is 2.19. The summed E-state index contributed by atoms with van der Waals surface area (Å²) in [6.45, 7) is 8.11. The van der Waals surface area contributed by atoms with E-state index in [-0.39, 0.29) is 17.4 Å². The summed E-state index contributed by atoms with van der Waals surface area (Å²) in [7, 11) is 3.75.